The zero-order chi connectivity index (χ0) is 20.6. The maximum atomic E-state index is 14.2. The van der Waals surface area contributed by atoms with Crippen LogP contribution in [-0.4, -0.2) is 6.29 Å². The molecule has 0 aliphatic heterocycles. The average molecular weight is 404 g/mol. The Hall–Kier alpha value is -3.30. The fourth-order valence-electron chi connectivity index (χ4n) is 2.31. The summed E-state index contributed by atoms with van der Waals surface area (Å²) >= 11 is 0. The molecule has 0 spiro atoms. The standard InChI is InChI=1S/C18H7F7O3/c19-11-3-2-10(14-4-1-9(7-26)27-14)16(15(11)22)28-17-12(20)5-8(6-13(17)21)18(23,24)25/h1-7H. The van der Waals surface area contributed by atoms with E-state index in [-0.39, 0.29) is 29.2 Å². The number of ether oxygens (including phenoxy) is 1. The van der Waals surface area contributed by atoms with Gasteiger partial charge in [0.05, 0.1) is 11.1 Å². The van der Waals surface area contributed by atoms with Crippen LogP contribution >= 0.6 is 0 Å². The summed E-state index contributed by atoms with van der Waals surface area (Å²) in [6.07, 6.45) is -4.71. The first-order chi connectivity index (χ1) is 13.1. The van der Waals surface area contributed by atoms with Gasteiger partial charge in [0.1, 0.15) is 5.76 Å². The van der Waals surface area contributed by atoms with Gasteiger partial charge in [-0.3, -0.25) is 4.79 Å². The van der Waals surface area contributed by atoms with E-state index in [9.17, 15) is 35.5 Å². The summed E-state index contributed by atoms with van der Waals surface area (Å²) in [5, 5.41) is 0. The van der Waals surface area contributed by atoms with Crippen LogP contribution in [0.3, 0.4) is 0 Å². The van der Waals surface area contributed by atoms with Crippen LogP contribution < -0.4 is 4.74 Å². The average Bonchev–Trinajstić information content (AvgIpc) is 3.09. The molecule has 0 N–H and O–H groups in total. The smallest absolute Gasteiger partial charge is 0.416 e. The first kappa shape index (κ1) is 19.5. The minimum Gasteiger partial charge on any atom is -0.453 e. The van der Waals surface area contributed by atoms with Gasteiger partial charge in [-0.1, -0.05) is 0 Å². The van der Waals surface area contributed by atoms with Crippen molar-refractivity contribution in [3.8, 4) is 22.8 Å². The van der Waals surface area contributed by atoms with Crippen LogP contribution in [0.15, 0.2) is 40.8 Å². The maximum absolute atomic E-state index is 14.2. The fraction of sp³-hybridized carbons (Fsp3) is 0.0556. The molecule has 3 rings (SSSR count). The molecule has 10 heteroatoms. The number of alkyl halides is 3. The molecule has 0 amide bonds. The van der Waals surface area contributed by atoms with Crippen molar-refractivity contribution in [3.05, 3.63) is 71.0 Å². The Morgan fingerprint density at radius 1 is 0.857 bits per heavy atom. The number of hydrogen-bond acceptors (Lipinski definition) is 3. The Morgan fingerprint density at radius 3 is 2.04 bits per heavy atom. The highest BCUT2D eigenvalue weighted by atomic mass is 19.4. The molecular weight excluding hydrogens is 397 g/mol. The lowest BCUT2D eigenvalue weighted by Gasteiger charge is -2.14. The summed E-state index contributed by atoms with van der Waals surface area (Å²) in [5.74, 6) is -9.48. The van der Waals surface area contributed by atoms with Crippen LogP contribution in [0.2, 0.25) is 0 Å². The highest BCUT2D eigenvalue weighted by Crippen LogP contribution is 2.40. The Labute approximate surface area is 152 Å². The first-order valence-corrected chi connectivity index (χ1v) is 7.39. The van der Waals surface area contributed by atoms with Gasteiger partial charge in [-0.2, -0.15) is 17.6 Å². The second-order valence-corrected chi connectivity index (χ2v) is 5.43. The molecule has 0 saturated carbocycles. The molecular formula is C18H7F7O3. The van der Waals surface area contributed by atoms with Gasteiger partial charge in [0, 0.05) is 0 Å². The quantitative estimate of drug-likeness (QED) is 0.388. The van der Waals surface area contributed by atoms with Gasteiger partial charge in [-0.15, -0.1) is 0 Å². The number of rotatable bonds is 4. The molecule has 0 unspecified atom stereocenters. The Morgan fingerprint density at radius 2 is 1.50 bits per heavy atom. The molecule has 2 aromatic carbocycles. The molecule has 0 atom stereocenters. The second-order valence-electron chi connectivity index (χ2n) is 5.43. The number of carbonyl (C=O) groups excluding carboxylic acids is 1. The van der Waals surface area contributed by atoms with E-state index in [4.69, 9.17) is 9.15 Å². The van der Waals surface area contributed by atoms with E-state index in [0.717, 1.165) is 6.07 Å². The molecule has 28 heavy (non-hydrogen) atoms. The lowest BCUT2D eigenvalue weighted by atomic mass is 10.1. The van der Waals surface area contributed by atoms with Gasteiger partial charge < -0.3 is 9.15 Å². The molecule has 0 aliphatic rings. The highest BCUT2D eigenvalue weighted by Gasteiger charge is 2.33. The van der Waals surface area contributed by atoms with Gasteiger partial charge in [0.25, 0.3) is 0 Å². The van der Waals surface area contributed by atoms with Gasteiger partial charge in [-0.05, 0) is 36.4 Å². The number of halogens is 7. The topological polar surface area (TPSA) is 39.4 Å². The van der Waals surface area contributed by atoms with E-state index in [2.05, 4.69) is 0 Å². The fourth-order valence-corrected chi connectivity index (χ4v) is 2.31. The number of benzene rings is 2. The van der Waals surface area contributed by atoms with Crippen molar-refractivity contribution in [3.63, 3.8) is 0 Å². The van der Waals surface area contributed by atoms with Crippen molar-refractivity contribution in [2.75, 3.05) is 0 Å². The van der Waals surface area contributed by atoms with Gasteiger partial charge >= 0.3 is 6.18 Å². The third-order valence-corrected chi connectivity index (χ3v) is 3.59. The van der Waals surface area contributed by atoms with Crippen LogP contribution in [0.1, 0.15) is 16.1 Å². The molecule has 0 radical (unpaired) electrons. The number of aldehydes is 1. The van der Waals surface area contributed by atoms with Crippen LogP contribution in [0, 0.1) is 23.3 Å². The van der Waals surface area contributed by atoms with Crippen molar-refractivity contribution in [2.45, 2.75) is 6.18 Å². The minimum atomic E-state index is -5.03. The molecule has 0 aliphatic carbocycles. The van der Waals surface area contributed by atoms with E-state index in [1.807, 2.05) is 0 Å². The Bertz CT molecular complexity index is 1030. The highest BCUT2D eigenvalue weighted by molar-refractivity contribution is 5.74. The molecule has 0 bridgehead atoms. The zero-order valence-corrected chi connectivity index (χ0v) is 13.4. The SMILES string of the molecule is O=Cc1ccc(-c2ccc(F)c(F)c2Oc2c(F)cc(C(F)(F)F)cc2F)o1. The van der Waals surface area contributed by atoms with E-state index >= 15 is 0 Å². The largest absolute Gasteiger partial charge is 0.453 e. The third kappa shape index (κ3) is 3.57. The van der Waals surface area contributed by atoms with Crippen LogP contribution in [-0.2, 0) is 6.18 Å². The zero-order valence-electron chi connectivity index (χ0n) is 13.4. The molecule has 3 nitrogen and oxygen atoms in total. The summed E-state index contributed by atoms with van der Waals surface area (Å²) in [5.41, 5.74) is -1.96. The molecule has 1 heterocycles. The molecule has 146 valence electrons. The monoisotopic (exact) mass is 404 g/mol. The van der Waals surface area contributed by atoms with Crippen molar-refractivity contribution in [1.82, 2.24) is 0 Å². The van der Waals surface area contributed by atoms with Gasteiger partial charge in [0.2, 0.25) is 5.82 Å². The third-order valence-electron chi connectivity index (χ3n) is 3.59. The molecule has 0 saturated heterocycles. The first-order valence-electron chi connectivity index (χ1n) is 7.39. The van der Waals surface area contributed by atoms with Crippen LogP contribution in [0.25, 0.3) is 11.3 Å². The van der Waals surface area contributed by atoms with Crippen molar-refractivity contribution in [1.29, 1.82) is 0 Å². The summed E-state index contributed by atoms with van der Waals surface area (Å²) < 4.78 is 103. The van der Waals surface area contributed by atoms with Crippen LogP contribution in [0.5, 0.6) is 11.5 Å². The molecule has 1 aromatic heterocycles. The lowest BCUT2D eigenvalue weighted by Crippen LogP contribution is -2.07. The Kier molecular flexibility index (Phi) is 4.88. The van der Waals surface area contributed by atoms with E-state index in [1.165, 1.54) is 12.1 Å². The van der Waals surface area contributed by atoms with Crippen LogP contribution in [0.4, 0.5) is 30.7 Å². The normalized spacial score (nSPS) is 11.5. The molecule has 3 aromatic rings. The lowest BCUT2D eigenvalue weighted by molar-refractivity contribution is -0.138. The number of hydrogen-bond donors (Lipinski definition) is 0. The van der Waals surface area contributed by atoms with Crippen molar-refractivity contribution in [2.24, 2.45) is 0 Å². The summed E-state index contributed by atoms with van der Waals surface area (Å²) in [6, 6.07) is 3.88. The van der Waals surface area contributed by atoms with E-state index in [0.29, 0.717) is 12.4 Å². The summed E-state index contributed by atoms with van der Waals surface area (Å²) in [7, 11) is 0. The number of furan rings is 1. The summed E-state index contributed by atoms with van der Waals surface area (Å²) in [4.78, 5) is 10.7. The van der Waals surface area contributed by atoms with Gasteiger partial charge in [-0.25, -0.2) is 13.2 Å². The maximum Gasteiger partial charge on any atom is 0.416 e. The summed E-state index contributed by atoms with van der Waals surface area (Å²) in [6.45, 7) is 0. The minimum absolute atomic E-state index is 0.0489. The van der Waals surface area contributed by atoms with E-state index in [1.54, 1.807) is 0 Å². The van der Waals surface area contributed by atoms with Gasteiger partial charge in [0.15, 0.2) is 41.0 Å². The number of carbonyl (C=O) groups is 1. The van der Waals surface area contributed by atoms with Crippen molar-refractivity contribution < 1.29 is 44.7 Å². The Balaban J connectivity index is 2.12. The predicted molar refractivity (Wildman–Crippen MR) is 80.9 cm³/mol. The van der Waals surface area contributed by atoms with E-state index < -0.39 is 46.5 Å². The molecule has 0 fully saturated rings. The predicted octanol–water partition coefficient (Wildman–Crippen LogP) is 6.13. The van der Waals surface area contributed by atoms with Crippen molar-refractivity contribution >= 4 is 6.29 Å². The second kappa shape index (κ2) is 7.02.